The molecule has 1 aliphatic heterocycles. The van der Waals surface area contributed by atoms with Gasteiger partial charge in [0, 0.05) is 17.1 Å². The number of hydrogen-bond acceptors (Lipinski definition) is 3. The summed E-state index contributed by atoms with van der Waals surface area (Å²) < 4.78 is 0. The second kappa shape index (κ2) is 6.93. The van der Waals surface area contributed by atoms with Crippen molar-refractivity contribution in [2.24, 2.45) is 0 Å². The Morgan fingerprint density at radius 1 is 1.08 bits per heavy atom. The zero-order valence-electron chi connectivity index (χ0n) is 13.7. The van der Waals surface area contributed by atoms with E-state index < -0.39 is 0 Å². The Kier molecular flexibility index (Phi) is 4.71. The molecule has 5 heteroatoms. The fraction of sp³-hybridized carbons (Fsp3) is 0.158. The first-order valence-electron chi connectivity index (χ1n) is 7.77. The van der Waals surface area contributed by atoms with Gasteiger partial charge in [0.05, 0.1) is 0 Å². The van der Waals surface area contributed by atoms with Crippen LogP contribution in [0.4, 0.5) is 5.69 Å². The van der Waals surface area contributed by atoms with Crippen molar-refractivity contribution in [3.05, 3.63) is 65.9 Å². The lowest BCUT2D eigenvalue weighted by Crippen LogP contribution is -2.33. The lowest BCUT2D eigenvalue weighted by Gasteiger charge is -2.19. The maximum atomic E-state index is 12.7. The van der Waals surface area contributed by atoms with Crippen LogP contribution in [0.1, 0.15) is 12.5 Å². The molecule has 1 saturated heterocycles. The van der Waals surface area contributed by atoms with Gasteiger partial charge in [-0.15, -0.1) is 11.8 Å². The summed E-state index contributed by atoms with van der Waals surface area (Å²) in [7, 11) is 0. The van der Waals surface area contributed by atoms with Crippen molar-refractivity contribution < 1.29 is 4.79 Å². The van der Waals surface area contributed by atoms with Gasteiger partial charge in [-0.25, -0.2) is 0 Å². The third kappa shape index (κ3) is 2.95. The van der Waals surface area contributed by atoms with Crippen molar-refractivity contribution >= 4 is 35.4 Å². The molecular formula is C19H19N3OS. The molecule has 0 unspecified atom stereocenters. The van der Waals surface area contributed by atoms with E-state index >= 15 is 0 Å². The lowest BCUT2D eigenvalue weighted by atomic mass is 10.1. The minimum absolute atomic E-state index is 0.139. The number of carbonyl (C=O) groups is 1. The largest absolute Gasteiger partial charge is 0.277 e. The topological polar surface area (TPSA) is 47.4 Å². The molecule has 0 spiro atoms. The summed E-state index contributed by atoms with van der Waals surface area (Å²) in [4.78, 5) is 17.1. The van der Waals surface area contributed by atoms with Gasteiger partial charge < -0.3 is 0 Å². The zero-order valence-corrected chi connectivity index (χ0v) is 14.5. The number of anilines is 1. The van der Waals surface area contributed by atoms with Crippen LogP contribution in [0.15, 0.2) is 65.2 Å². The van der Waals surface area contributed by atoms with Gasteiger partial charge in [-0.3, -0.25) is 20.0 Å². The van der Waals surface area contributed by atoms with Crippen molar-refractivity contribution in [3.63, 3.8) is 0 Å². The number of amides is 1. The van der Waals surface area contributed by atoms with Crippen molar-refractivity contribution in [3.8, 4) is 0 Å². The molecule has 1 aliphatic rings. The van der Waals surface area contributed by atoms with Gasteiger partial charge in [-0.1, -0.05) is 30.3 Å². The van der Waals surface area contributed by atoms with Crippen LogP contribution in [0, 0.1) is 5.41 Å². The van der Waals surface area contributed by atoms with E-state index in [1.807, 2.05) is 73.9 Å². The highest BCUT2D eigenvalue weighted by molar-refractivity contribution is 7.98. The van der Waals surface area contributed by atoms with E-state index in [1.54, 1.807) is 16.7 Å². The maximum Gasteiger partial charge on any atom is 0.277 e. The molecule has 2 aromatic carbocycles. The van der Waals surface area contributed by atoms with Crippen LogP contribution in [0.25, 0.3) is 6.08 Å². The number of benzene rings is 2. The number of rotatable bonds is 4. The van der Waals surface area contributed by atoms with Gasteiger partial charge in [0.25, 0.3) is 5.91 Å². The first-order chi connectivity index (χ1) is 11.7. The molecule has 1 fully saturated rings. The summed E-state index contributed by atoms with van der Waals surface area (Å²) in [5, 5.41) is 8.38. The number of para-hydroxylation sites is 1. The zero-order chi connectivity index (χ0) is 17.1. The Morgan fingerprint density at radius 2 is 1.75 bits per heavy atom. The average Bonchev–Trinajstić information content (AvgIpc) is 2.86. The molecule has 1 N–H and O–H groups in total. The number of guanidine groups is 1. The SMILES string of the molecule is CCN1C(=N)N(c2ccccc2)/C(=C/c2ccc(SC)cc2)C1=O. The predicted molar refractivity (Wildman–Crippen MR) is 100 cm³/mol. The molecule has 0 saturated carbocycles. The van der Waals surface area contributed by atoms with E-state index in [-0.39, 0.29) is 11.9 Å². The average molecular weight is 337 g/mol. The molecule has 4 nitrogen and oxygen atoms in total. The first-order valence-corrected chi connectivity index (χ1v) is 8.99. The fourth-order valence-electron chi connectivity index (χ4n) is 2.68. The molecule has 0 aliphatic carbocycles. The second-order valence-electron chi connectivity index (χ2n) is 5.35. The van der Waals surface area contributed by atoms with Crippen molar-refractivity contribution in [2.75, 3.05) is 17.7 Å². The molecule has 3 rings (SSSR count). The summed E-state index contributed by atoms with van der Waals surface area (Å²) >= 11 is 1.68. The summed E-state index contributed by atoms with van der Waals surface area (Å²) in [5.74, 6) is 0.0565. The smallest absolute Gasteiger partial charge is 0.277 e. The highest BCUT2D eigenvalue weighted by Gasteiger charge is 2.38. The van der Waals surface area contributed by atoms with Crippen LogP contribution in [0.5, 0.6) is 0 Å². The number of nitrogens with zero attached hydrogens (tertiary/aromatic N) is 2. The second-order valence-corrected chi connectivity index (χ2v) is 6.23. The predicted octanol–water partition coefficient (Wildman–Crippen LogP) is 4.05. The van der Waals surface area contributed by atoms with Gasteiger partial charge in [-0.2, -0.15) is 0 Å². The molecule has 1 amide bonds. The number of hydrogen-bond donors (Lipinski definition) is 1. The van der Waals surface area contributed by atoms with Crippen LogP contribution in [-0.4, -0.2) is 29.6 Å². The molecule has 0 aromatic heterocycles. The third-order valence-corrected chi connectivity index (χ3v) is 4.67. The van der Waals surface area contributed by atoms with Crippen molar-refractivity contribution in [2.45, 2.75) is 11.8 Å². The molecule has 0 radical (unpaired) electrons. The molecule has 24 heavy (non-hydrogen) atoms. The van der Waals surface area contributed by atoms with E-state index in [2.05, 4.69) is 0 Å². The summed E-state index contributed by atoms with van der Waals surface area (Å²) in [6, 6.07) is 17.6. The van der Waals surface area contributed by atoms with Gasteiger partial charge in [0.15, 0.2) is 0 Å². The first kappa shape index (κ1) is 16.3. The van der Waals surface area contributed by atoms with Gasteiger partial charge >= 0.3 is 0 Å². The van der Waals surface area contributed by atoms with Crippen LogP contribution in [-0.2, 0) is 4.79 Å². The highest BCUT2D eigenvalue weighted by Crippen LogP contribution is 2.29. The number of likely N-dealkylation sites (N-methyl/N-ethyl adjacent to an activating group) is 1. The van der Waals surface area contributed by atoms with E-state index in [0.29, 0.717) is 12.2 Å². The highest BCUT2D eigenvalue weighted by atomic mass is 32.2. The Hall–Kier alpha value is -2.53. The van der Waals surface area contributed by atoms with Crippen LogP contribution < -0.4 is 4.90 Å². The Bertz CT molecular complexity index is 784. The normalized spacial score (nSPS) is 16.3. The number of carbonyl (C=O) groups excluding carboxylic acids is 1. The Morgan fingerprint density at radius 3 is 2.33 bits per heavy atom. The summed E-state index contributed by atoms with van der Waals surface area (Å²) in [6.07, 6.45) is 3.88. The lowest BCUT2D eigenvalue weighted by molar-refractivity contribution is -0.122. The standard InChI is InChI=1S/C19H19N3OS/c1-3-21-18(23)17(13-14-9-11-16(24-2)12-10-14)22(19(21)20)15-7-5-4-6-8-15/h4-13,20H,3H2,1-2H3/b17-13+,20-19?. The third-order valence-electron chi connectivity index (χ3n) is 3.92. The van der Waals surface area contributed by atoms with Crippen LogP contribution >= 0.6 is 11.8 Å². The van der Waals surface area contributed by atoms with E-state index in [0.717, 1.165) is 11.3 Å². The van der Waals surface area contributed by atoms with Gasteiger partial charge in [0.1, 0.15) is 5.70 Å². The summed E-state index contributed by atoms with van der Waals surface area (Å²) in [6.45, 7) is 2.36. The van der Waals surface area contributed by atoms with Crippen molar-refractivity contribution in [1.82, 2.24) is 4.90 Å². The van der Waals surface area contributed by atoms with Crippen molar-refractivity contribution in [1.29, 1.82) is 5.41 Å². The monoisotopic (exact) mass is 337 g/mol. The number of thioether (sulfide) groups is 1. The molecule has 0 bridgehead atoms. The molecule has 0 atom stereocenters. The summed E-state index contributed by atoms with van der Waals surface area (Å²) in [5.41, 5.74) is 2.27. The maximum absolute atomic E-state index is 12.7. The fourth-order valence-corrected chi connectivity index (χ4v) is 3.09. The van der Waals surface area contributed by atoms with Crippen LogP contribution in [0.2, 0.25) is 0 Å². The van der Waals surface area contributed by atoms with E-state index in [1.165, 1.54) is 9.80 Å². The molecule has 1 heterocycles. The van der Waals surface area contributed by atoms with E-state index in [4.69, 9.17) is 5.41 Å². The Labute approximate surface area is 146 Å². The molecular weight excluding hydrogens is 318 g/mol. The number of nitrogens with one attached hydrogen (secondary N) is 1. The molecule has 122 valence electrons. The Balaban J connectivity index is 2.05. The minimum Gasteiger partial charge on any atom is -0.277 e. The molecule has 2 aromatic rings. The minimum atomic E-state index is -0.139. The quantitative estimate of drug-likeness (QED) is 0.676. The van der Waals surface area contributed by atoms with E-state index in [9.17, 15) is 4.79 Å². The van der Waals surface area contributed by atoms with Crippen LogP contribution in [0.3, 0.4) is 0 Å². The van der Waals surface area contributed by atoms with Gasteiger partial charge in [0.2, 0.25) is 5.96 Å². The van der Waals surface area contributed by atoms with Gasteiger partial charge in [-0.05, 0) is 49.1 Å².